The van der Waals surface area contributed by atoms with Crippen molar-refractivity contribution in [2.24, 2.45) is 0 Å². The Morgan fingerprint density at radius 3 is 2.43 bits per heavy atom. The Bertz CT molecular complexity index is 1010. The van der Waals surface area contributed by atoms with Crippen molar-refractivity contribution < 1.29 is 32.2 Å². The van der Waals surface area contributed by atoms with Gasteiger partial charge in [0, 0.05) is 0 Å². The van der Waals surface area contributed by atoms with Crippen LogP contribution in [0.4, 0.5) is 18.9 Å². The molecule has 0 atom stereocenters. The van der Waals surface area contributed by atoms with Crippen LogP contribution in [0.3, 0.4) is 0 Å². The van der Waals surface area contributed by atoms with Gasteiger partial charge < -0.3 is 14.8 Å². The molecule has 0 saturated carbocycles. The van der Waals surface area contributed by atoms with Crippen molar-refractivity contribution in [1.29, 1.82) is 5.26 Å². The summed E-state index contributed by atoms with van der Waals surface area (Å²) in [6.45, 7) is -0.826. The molecule has 0 radical (unpaired) electrons. The average molecular weight is 439 g/mol. The van der Waals surface area contributed by atoms with Crippen LogP contribution in [0.1, 0.15) is 11.1 Å². The molecule has 0 aliphatic heterocycles. The standard InChI is InChI=1S/C20H14ClF3N2O4/c1-29-15-5-2-12(3-6-15)8-13(10-25)19(28)30-11-18(27)26-17-9-14(20(22,23)24)4-7-16(17)21/h2-9H,11H2,1H3,(H,26,27). The second kappa shape index (κ2) is 9.80. The van der Waals surface area contributed by atoms with Crippen LogP contribution in [0.5, 0.6) is 5.75 Å². The van der Waals surface area contributed by atoms with Crippen molar-refractivity contribution >= 4 is 35.2 Å². The zero-order valence-electron chi connectivity index (χ0n) is 15.4. The number of esters is 1. The summed E-state index contributed by atoms with van der Waals surface area (Å²) in [5.74, 6) is -1.41. The number of anilines is 1. The molecule has 30 heavy (non-hydrogen) atoms. The molecular formula is C20H14ClF3N2O4. The third-order valence-electron chi connectivity index (χ3n) is 3.67. The van der Waals surface area contributed by atoms with Crippen LogP contribution >= 0.6 is 11.6 Å². The maximum absolute atomic E-state index is 12.8. The number of nitrogens with zero attached hydrogens (tertiary/aromatic N) is 1. The number of amides is 1. The predicted molar refractivity (Wildman–Crippen MR) is 103 cm³/mol. The molecule has 0 aliphatic carbocycles. The number of ether oxygens (including phenoxy) is 2. The van der Waals surface area contributed by atoms with Gasteiger partial charge in [-0.05, 0) is 42.0 Å². The third kappa shape index (κ3) is 6.25. The van der Waals surface area contributed by atoms with E-state index in [1.54, 1.807) is 30.3 Å². The van der Waals surface area contributed by atoms with Crippen LogP contribution in [0.2, 0.25) is 5.02 Å². The van der Waals surface area contributed by atoms with E-state index in [1.165, 1.54) is 13.2 Å². The van der Waals surface area contributed by atoms with Gasteiger partial charge in [-0.1, -0.05) is 23.7 Å². The summed E-state index contributed by atoms with van der Waals surface area (Å²) in [5.41, 5.74) is -1.15. The van der Waals surface area contributed by atoms with E-state index in [2.05, 4.69) is 5.32 Å². The Hall–Kier alpha value is -3.51. The third-order valence-corrected chi connectivity index (χ3v) is 4.00. The molecule has 0 fully saturated rings. The number of hydrogen-bond donors (Lipinski definition) is 1. The van der Waals surface area contributed by atoms with Gasteiger partial charge in [-0.2, -0.15) is 18.4 Å². The second-order valence-electron chi connectivity index (χ2n) is 5.76. The van der Waals surface area contributed by atoms with Crippen LogP contribution in [0, 0.1) is 11.3 Å². The average Bonchev–Trinajstić information content (AvgIpc) is 2.71. The summed E-state index contributed by atoms with van der Waals surface area (Å²) < 4.78 is 48.1. The van der Waals surface area contributed by atoms with E-state index in [-0.39, 0.29) is 16.3 Å². The van der Waals surface area contributed by atoms with Crippen molar-refractivity contribution in [1.82, 2.24) is 0 Å². The smallest absolute Gasteiger partial charge is 0.416 e. The van der Waals surface area contributed by atoms with Crippen molar-refractivity contribution in [2.75, 3.05) is 19.0 Å². The van der Waals surface area contributed by atoms with E-state index in [0.717, 1.165) is 12.1 Å². The number of rotatable bonds is 6. The number of nitrogens with one attached hydrogen (secondary N) is 1. The minimum Gasteiger partial charge on any atom is -0.497 e. The fraction of sp³-hybridized carbons (Fsp3) is 0.150. The zero-order chi connectivity index (χ0) is 22.3. The summed E-state index contributed by atoms with van der Waals surface area (Å²) in [6.07, 6.45) is -3.37. The number of methoxy groups -OCH3 is 1. The van der Waals surface area contributed by atoms with Gasteiger partial charge in [0.1, 0.15) is 17.4 Å². The van der Waals surface area contributed by atoms with Crippen molar-refractivity contribution in [2.45, 2.75) is 6.18 Å². The first-order valence-electron chi connectivity index (χ1n) is 8.23. The Labute approximate surface area is 174 Å². The van der Waals surface area contributed by atoms with E-state index in [4.69, 9.17) is 26.3 Å². The molecule has 2 aromatic carbocycles. The number of nitriles is 1. The highest BCUT2D eigenvalue weighted by Gasteiger charge is 2.31. The Morgan fingerprint density at radius 1 is 1.20 bits per heavy atom. The molecule has 0 bridgehead atoms. The zero-order valence-corrected chi connectivity index (χ0v) is 16.2. The summed E-state index contributed by atoms with van der Waals surface area (Å²) in [6, 6.07) is 10.5. The highest BCUT2D eigenvalue weighted by Crippen LogP contribution is 2.33. The number of carbonyl (C=O) groups excluding carboxylic acids is 2. The fourth-order valence-corrected chi connectivity index (χ4v) is 2.36. The molecule has 0 saturated heterocycles. The first kappa shape index (κ1) is 22.8. The van der Waals surface area contributed by atoms with Crippen LogP contribution in [-0.4, -0.2) is 25.6 Å². The van der Waals surface area contributed by atoms with Gasteiger partial charge in [-0.15, -0.1) is 0 Å². The van der Waals surface area contributed by atoms with E-state index in [0.29, 0.717) is 17.4 Å². The Kier molecular flexibility index (Phi) is 7.44. The van der Waals surface area contributed by atoms with Gasteiger partial charge in [0.05, 0.1) is 23.4 Å². The lowest BCUT2D eigenvalue weighted by Crippen LogP contribution is -2.22. The van der Waals surface area contributed by atoms with Crippen LogP contribution in [-0.2, 0) is 20.5 Å². The van der Waals surface area contributed by atoms with E-state index in [1.807, 2.05) is 0 Å². The number of halogens is 4. The van der Waals surface area contributed by atoms with Crippen LogP contribution in [0.25, 0.3) is 6.08 Å². The lowest BCUT2D eigenvalue weighted by Gasteiger charge is -2.11. The first-order chi connectivity index (χ1) is 14.1. The van der Waals surface area contributed by atoms with Crippen LogP contribution < -0.4 is 10.1 Å². The van der Waals surface area contributed by atoms with E-state index >= 15 is 0 Å². The largest absolute Gasteiger partial charge is 0.497 e. The predicted octanol–water partition coefficient (Wildman–Crippen LogP) is 4.46. The molecule has 10 heteroatoms. The Balaban J connectivity index is 2.02. The fourth-order valence-electron chi connectivity index (χ4n) is 2.20. The summed E-state index contributed by atoms with van der Waals surface area (Å²) in [4.78, 5) is 23.9. The number of benzene rings is 2. The van der Waals surface area contributed by atoms with Gasteiger partial charge >= 0.3 is 12.1 Å². The van der Waals surface area contributed by atoms with Gasteiger partial charge in [0.25, 0.3) is 5.91 Å². The minimum atomic E-state index is -4.62. The minimum absolute atomic E-state index is 0.125. The van der Waals surface area contributed by atoms with Crippen molar-refractivity contribution in [3.63, 3.8) is 0 Å². The number of alkyl halides is 3. The van der Waals surface area contributed by atoms with Gasteiger partial charge in [-0.3, -0.25) is 4.79 Å². The SMILES string of the molecule is COc1ccc(C=C(C#N)C(=O)OCC(=O)Nc2cc(C(F)(F)F)ccc2Cl)cc1. The highest BCUT2D eigenvalue weighted by molar-refractivity contribution is 6.33. The van der Waals surface area contributed by atoms with E-state index < -0.39 is 30.2 Å². The monoisotopic (exact) mass is 438 g/mol. The summed E-state index contributed by atoms with van der Waals surface area (Å²) >= 11 is 5.79. The molecular weight excluding hydrogens is 425 g/mol. The van der Waals surface area contributed by atoms with Gasteiger partial charge in [0.15, 0.2) is 6.61 Å². The molecule has 156 valence electrons. The molecule has 0 aromatic heterocycles. The highest BCUT2D eigenvalue weighted by atomic mass is 35.5. The lowest BCUT2D eigenvalue weighted by atomic mass is 10.1. The number of carbonyl (C=O) groups is 2. The molecule has 1 amide bonds. The van der Waals surface area contributed by atoms with Crippen molar-refractivity contribution in [3.05, 3.63) is 64.2 Å². The Morgan fingerprint density at radius 2 is 1.87 bits per heavy atom. The van der Waals surface area contributed by atoms with Gasteiger partial charge in [0.2, 0.25) is 0 Å². The molecule has 1 N–H and O–H groups in total. The number of hydrogen-bond acceptors (Lipinski definition) is 5. The molecule has 0 heterocycles. The first-order valence-corrected chi connectivity index (χ1v) is 8.61. The molecule has 0 spiro atoms. The molecule has 0 unspecified atom stereocenters. The molecule has 2 aromatic rings. The molecule has 2 rings (SSSR count). The normalized spacial score (nSPS) is 11.4. The summed E-state index contributed by atoms with van der Waals surface area (Å²) in [7, 11) is 1.49. The quantitative estimate of drug-likeness (QED) is 0.409. The summed E-state index contributed by atoms with van der Waals surface area (Å²) in [5, 5.41) is 11.1. The second-order valence-corrected chi connectivity index (χ2v) is 6.17. The van der Waals surface area contributed by atoms with E-state index in [9.17, 15) is 22.8 Å². The lowest BCUT2D eigenvalue weighted by molar-refractivity contribution is -0.142. The maximum Gasteiger partial charge on any atom is 0.416 e. The maximum atomic E-state index is 12.8. The molecule has 0 aliphatic rings. The molecule has 6 nitrogen and oxygen atoms in total. The topological polar surface area (TPSA) is 88.4 Å². The van der Waals surface area contributed by atoms with Gasteiger partial charge in [-0.25, -0.2) is 4.79 Å². The van der Waals surface area contributed by atoms with Crippen LogP contribution in [0.15, 0.2) is 48.0 Å². The van der Waals surface area contributed by atoms with Crippen molar-refractivity contribution in [3.8, 4) is 11.8 Å².